The van der Waals surface area contributed by atoms with Crippen molar-refractivity contribution < 1.29 is 18.6 Å². The molecular formula is C19H15BrF2N2O3. The molecule has 2 aromatic carbocycles. The number of rotatable bonds is 5. The minimum absolute atomic E-state index is 0.0180. The zero-order valence-corrected chi connectivity index (χ0v) is 15.8. The summed E-state index contributed by atoms with van der Waals surface area (Å²) in [6.45, 7) is 1.34. The van der Waals surface area contributed by atoms with Crippen molar-refractivity contribution in [2.45, 2.75) is 20.1 Å². The van der Waals surface area contributed by atoms with E-state index in [-0.39, 0.29) is 29.1 Å². The second-order valence-corrected chi connectivity index (χ2v) is 6.56. The maximum absolute atomic E-state index is 13.7. The summed E-state index contributed by atoms with van der Waals surface area (Å²) in [5.74, 6) is -1.03. The Labute approximate surface area is 162 Å². The van der Waals surface area contributed by atoms with Crippen LogP contribution in [0, 0.1) is 18.6 Å². The van der Waals surface area contributed by atoms with E-state index in [1.807, 2.05) is 0 Å². The number of nitrogens with zero attached hydrogens (tertiary/aromatic N) is 2. The van der Waals surface area contributed by atoms with Gasteiger partial charge in [-0.2, -0.15) is 4.98 Å². The molecule has 0 radical (unpaired) electrons. The molecule has 5 nitrogen and oxygen atoms in total. The topological polar surface area (TPSA) is 64.3 Å². The summed E-state index contributed by atoms with van der Waals surface area (Å²) in [5.41, 5.74) is 1.05. The molecule has 1 N–H and O–H groups in total. The Hall–Kier alpha value is -2.58. The first-order valence-corrected chi connectivity index (χ1v) is 8.76. The van der Waals surface area contributed by atoms with Gasteiger partial charge in [0.2, 0.25) is 5.88 Å². The first-order valence-electron chi connectivity index (χ1n) is 7.96. The van der Waals surface area contributed by atoms with Gasteiger partial charge < -0.3 is 9.84 Å². The number of ether oxygens (including phenoxy) is 1. The van der Waals surface area contributed by atoms with Gasteiger partial charge in [0.15, 0.2) is 0 Å². The van der Waals surface area contributed by atoms with Crippen molar-refractivity contribution in [2.24, 2.45) is 0 Å². The summed E-state index contributed by atoms with van der Waals surface area (Å²) in [5, 5.41) is 9.12. The maximum atomic E-state index is 13.7. The quantitative estimate of drug-likeness (QED) is 0.662. The number of aryl methyl sites for hydroxylation is 1. The fourth-order valence-electron chi connectivity index (χ4n) is 2.52. The van der Waals surface area contributed by atoms with Gasteiger partial charge in [0.1, 0.15) is 28.5 Å². The molecule has 0 aliphatic rings. The molecule has 3 rings (SSSR count). The summed E-state index contributed by atoms with van der Waals surface area (Å²) in [7, 11) is 0. The lowest BCUT2D eigenvalue weighted by Gasteiger charge is -2.14. The van der Waals surface area contributed by atoms with Crippen LogP contribution < -0.4 is 10.3 Å². The predicted molar refractivity (Wildman–Crippen MR) is 98.9 cm³/mol. The molecule has 0 spiro atoms. The van der Waals surface area contributed by atoms with Crippen LogP contribution in [0.3, 0.4) is 0 Å². The van der Waals surface area contributed by atoms with Crippen LogP contribution in [-0.2, 0) is 13.2 Å². The van der Waals surface area contributed by atoms with Crippen LogP contribution in [0.25, 0.3) is 5.69 Å². The van der Waals surface area contributed by atoms with E-state index in [0.717, 1.165) is 17.7 Å². The highest BCUT2D eigenvalue weighted by molar-refractivity contribution is 9.10. The van der Waals surface area contributed by atoms with E-state index >= 15 is 0 Å². The lowest BCUT2D eigenvalue weighted by atomic mass is 10.2. The molecular weight excluding hydrogens is 422 g/mol. The van der Waals surface area contributed by atoms with Crippen molar-refractivity contribution in [3.05, 3.63) is 85.9 Å². The molecule has 27 heavy (non-hydrogen) atoms. The summed E-state index contributed by atoms with van der Waals surface area (Å²) in [6, 6.07) is 9.97. The van der Waals surface area contributed by atoms with Crippen molar-refractivity contribution >= 4 is 15.9 Å². The Morgan fingerprint density at radius 2 is 1.89 bits per heavy atom. The van der Waals surface area contributed by atoms with Gasteiger partial charge in [0.05, 0.1) is 12.3 Å². The molecule has 0 atom stereocenters. The van der Waals surface area contributed by atoms with Gasteiger partial charge in [0.25, 0.3) is 5.56 Å². The molecule has 0 aliphatic heterocycles. The van der Waals surface area contributed by atoms with E-state index in [1.54, 1.807) is 31.2 Å². The van der Waals surface area contributed by atoms with Crippen molar-refractivity contribution in [3.8, 4) is 11.6 Å². The van der Waals surface area contributed by atoms with Gasteiger partial charge in [-0.3, -0.25) is 9.36 Å². The lowest BCUT2D eigenvalue weighted by Crippen LogP contribution is -2.23. The maximum Gasteiger partial charge on any atom is 0.276 e. The van der Waals surface area contributed by atoms with Crippen LogP contribution >= 0.6 is 15.9 Å². The lowest BCUT2D eigenvalue weighted by molar-refractivity contribution is 0.282. The Bertz CT molecular complexity index is 1040. The molecule has 140 valence electrons. The highest BCUT2D eigenvalue weighted by Crippen LogP contribution is 2.22. The van der Waals surface area contributed by atoms with E-state index in [0.29, 0.717) is 11.5 Å². The largest absolute Gasteiger partial charge is 0.472 e. The molecule has 0 saturated heterocycles. The minimum Gasteiger partial charge on any atom is -0.472 e. The predicted octanol–water partition coefficient (Wildman–Crippen LogP) is 3.65. The summed E-state index contributed by atoms with van der Waals surface area (Å²) in [6.07, 6.45) is 0. The van der Waals surface area contributed by atoms with Crippen LogP contribution in [0.5, 0.6) is 5.88 Å². The molecule has 0 aliphatic carbocycles. The summed E-state index contributed by atoms with van der Waals surface area (Å²) < 4.78 is 33.6. The van der Waals surface area contributed by atoms with Crippen molar-refractivity contribution in [1.29, 1.82) is 0 Å². The Balaban J connectivity index is 1.91. The molecule has 0 amide bonds. The second kappa shape index (κ2) is 7.98. The second-order valence-electron chi connectivity index (χ2n) is 5.77. The van der Waals surface area contributed by atoms with Crippen LogP contribution in [0.1, 0.15) is 17.0 Å². The van der Waals surface area contributed by atoms with Crippen LogP contribution in [0.15, 0.2) is 51.7 Å². The first kappa shape index (κ1) is 19.2. The monoisotopic (exact) mass is 436 g/mol. The average Bonchev–Trinajstić information content (AvgIpc) is 2.65. The minimum atomic E-state index is -0.736. The van der Waals surface area contributed by atoms with Gasteiger partial charge in [-0.25, -0.2) is 8.78 Å². The number of aliphatic hydroxyl groups is 1. The fraction of sp³-hybridized carbons (Fsp3) is 0.158. The van der Waals surface area contributed by atoms with E-state index in [1.165, 1.54) is 10.6 Å². The Morgan fingerprint density at radius 3 is 2.52 bits per heavy atom. The SMILES string of the molecule is Cc1nc(OCc2ccc(F)cc2F)c(Br)c(=O)n1-c1ccc(CO)cc1. The molecule has 0 unspecified atom stereocenters. The average molecular weight is 437 g/mol. The fourth-order valence-corrected chi connectivity index (χ4v) is 2.90. The van der Waals surface area contributed by atoms with Gasteiger partial charge >= 0.3 is 0 Å². The van der Waals surface area contributed by atoms with Crippen LogP contribution in [0.2, 0.25) is 0 Å². The van der Waals surface area contributed by atoms with E-state index in [9.17, 15) is 13.6 Å². The van der Waals surface area contributed by atoms with Crippen molar-refractivity contribution in [2.75, 3.05) is 0 Å². The number of halogens is 3. The van der Waals surface area contributed by atoms with E-state index < -0.39 is 17.2 Å². The summed E-state index contributed by atoms with van der Waals surface area (Å²) in [4.78, 5) is 17.0. The molecule has 1 aromatic heterocycles. The van der Waals surface area contributed by atoms with E-state index in [4.69, 9.17) is 9.84 Å². The number of aromatic nitrogens is 2. The van der Waals surface area contributed by atoms with Gasteiger partial charge in [0, 0.05) is 11.6 Å². The molecule has 8 heteroatoms. The normalized spacial score (nSPS) is 10.9. The highest BCUT2D eigenvalue weighted by atomic mass is 79.9. The molecule has 1 heterocycles. The van der Waals surface area contributed by atoms with Crippen molar-refractivity contribution in [1.82, 2.24) is 9.55 Å². The third-order valence-electron chi connectivity index (χ3n) is 3.92. The van der Waals surface area contributed by atoms with Crippen LogP contribution in [-0.4, -0.2) is 14.7 Å². The van der Waals surface area contributed by atoms with Gasteiger partial charge in [-0.05, 0) is 52.7 Å². The third-order valence-corrected chi connectivity index (χ3v) is 4.60. The van der Waals surface area contributed by atoms with Gasteiger partial charge in [-0.15, -0.1) is 0 Å². The Morgan fingerprint density at radius 1 is 1.19 bits per heavy atom. The number of hydrogen-bond acceptors (Lipinski definition) is 4. The van der Waals surface area contributed by atoms with Crippen molar-refractivity contribution in [3.63, 3.8) is 0 Å². The zero-order valence-electron chi connectivity index (χ0n) is 14.2. The Kier molecular flexibility index (Phi) is 5.67. The number of aliphatic hydroxyl groups excluding tert-OH is 1. The third kappa shape index (κ3) is 4.06. The number of hydrogen-bond donors (Lipinski definition) is 1. The summed E-state index contributed by atoms with van der Waals surface area (Å²) >= 11 is 3.18. The standard InChI is InChI=1S/C19H15BrF2N2O3/c1-11-23-18(27-10-13-4-5-14(21)8-16(13)22)17(20)19(26)24(11)15-6-2-12(9-25)3-7-15/h2-8,25H,9-10H2,1H3. The smallest absolute Gasteiger partial charge is 0.276 e. The highest BCUT2D eigenvalue weighted by Gasteiger charge is 2.16. The molecule has 0 fully saturated rings. The molecule has 0 bridgehead atoms. The van der Waals surface area contributed by atoms with E-state index in [2.05, 4.69) is 20.9 Å². The molecule has 3 aromatic rings. The zero-order chi connectivity index (χ0) is 19.6. The number of benzene rings is 2. The van der Waals surface area contributed by atoms with Crippen LogP contribution in [0.4, 0.5) is 8.78 Å². The molecule has 0 saturated carbocycles. The van der Waals surface area contributed by atoms with Gasteiger partial charge in [-0.1, -0.05) is 12.1 Å². The first-order chi connectivity index (χ1) is 12.9.